The number of benzene rings is 1. The second-order valence-electron chi connectivity index (χ2n) is 4.68. The van der Waals surface area contributed by atoms with E-state index >= 15 is 0 Å². The lowest BCUT2D eigenvalue weighted by Gasteiger charge is -2.06. The normalized spacial score (nSPS) is 10.8. The molecule has 0 saturated carbocycles. The minimum Gasteiger partial charge on any atom is -0.494 e. The van der Waals surface area contributed by atoms with E-state index in [9.17, 15) is 4.79 Å². The van der Waals surface area contributed by atoms with Crippen LogP contribution >= 0.6 is 0 Å². The summed E-state index contributed by atoms with van der Waals surface area (Å²) < 4.78 is 5.68. The van der Waals surface area contributed by atoms with E-state index in [1.54, 1.807) is 6.21 Å². The first-order valence-electron chi connectivity index (χ1n) is 7.22. The highest BCUT2D eigenvalue weighted by Crippen LogP contribution is 2.12. The van der Waals surface area contributed by atoms with Crippen molar-refractivity contribution in [3.05, 3.63) is 46.4 Å². The van der Waals surface area contributed by atoms with Crippen LogP contribution < -0.4 is 15.7 Å². The summed E-state index contributed by atoms with van der Waals surface area (Å²) in [6, 6.07) is 7.62. The lowest BCUT2D eigenvalue weighted by Crippen LogP contribution is -2.10. The average Bonchev–Trinajstić information content (AvgIpc) is 2.52. The Morgan fingerprint density at radius 2 is 2.32 bits per heavy atom. The third-order valence-corrected chi connectivity index (χ3v) is 2.83. The lowest BCUT2D eigenvalue weighted by molar-refractivity contribution is 0.306. The fourth-order valence-corrected chi connectivity index (χ4v) is 1.76. The van der Waals surface area contributed by atoms with E-state index < -0.39 is 0 Å². The van der Waals surface area contributed by atoms with Crippen LogP contribution in [0.1, 0.15) is 31.7 Å². The maximum absolute atomic E-state index is 11.0. The molecule has 1 heterocycles. The summed E-state index contributed by atoms with van der Waals surface area (Å²) in [5.41, 5.74) is 3.16. The Kier molecular flexibility index (Phi) is 6.10. The van der Waals surface area contributed by atoms with Gasteiger partial charge < -0.3 is 4.74 Å². The molecule has 0 atom stereocenters. The van der Waals surface area contributed by atoms with Crippen molar-refractivity contribution in [2.75, 3.05) is 12.0 Å². The molecule has 2 rings (SSSR count). The van der Waals surface area contributed by atoms with Crippen LogP contribution in [0.3, 0.4) is 0 Å². The number of aromatic nitrogens is 3. The second-order valence-corrected chi connectivity index (χ2v) is 4.68. The van der Waals surface area contributed by atoms with E-state index in [-0.39, 0.29) is 11.5 Å². The number of hydrogen-bond acceptors (Lipinski definition) is 6. The molecule has 0 aliphatic carbocycles. The molecule has 0 unspecified atom stereocenters. The molecule has 0 radical (unpaired) electrons. The molecular weight excluding hydrogens is 282 g/mol. The molecule has 1 aromatic heterocycles. The topological polar surface area (TPSA) is 92.3 Å². The van der Waals surface area contributed by atoms with Crippen LogP contribution in [0, 0.1) is 0 Å². The predicted octanol–water partition coefficient (Wildman–Crippen LogP) is 2.18. The third-order valence-electron chi connectivity index (χ3n) is 2.83. The Balaban J connectivity index is 1.89. The van der Waals surface area contributed by atoms with Crippen LogP contribution in [-0.2, 0) is 0 Å². The molecular formula is C15H19N5O2. The number of H-pyrrole nitrogens is 1. The number of nitrogens with one attached hydrogen (secondary N) is 2. The van der Waals surface area contributed by atoms with E-state index in [2.05, 4.69) is 32.6 Å². The van der Waals surface area contributed by atoms with Gasteiger partial charge in [0.2, 0.25) is 5.95 Å². The molecule has 0 aliphatic heterocycles. The number of unbranched alkanes of at least 4 members (excludes halogenated alkanes) is 2. The highest BCUT2D eigenvalue weighted by atomic mass is 16.5. The molecule has 0 aliphatic rings. The number of rotatable bonds is 8. The Hall–Kier alpha value is -2.70. The standard InChI is InChI=1S/C15H19N5O2/c1-2-3-4-8-22-13-7-5-6-12(9-13)10-16-19-15-18-14(21)11-17-20-15/h5-7,9-11H,2-4,8H2,1H3,(H2,18,19,20,21)/b16-10+. The van der Waals surface area contributed by atoms with Crippen LogP contribution in [0.4, 0.5) is 5.95 Å². The Bertz CT molecular complexity index is 669. The van der Waals surface area contributed by atoms with Gasteiger partial charge in [-0.3, -0.25) is 9.78 Å². The fraction of sp³-hybridized carbons (Fsp3) is 0.333. The highest BCUT2D eigenvalue weighted by Gasteiger charge is 1.96. The Morgan fingerprint density at radius 3 is 3.14 bits per heavy atom. The summed E-state index contributed by atoms with van der Waals surface area (Å²) in [5.74, 6) is 1.00. The molecule has 7 heteroatoms. The van der Waals surface area contributed by atoms with Gasteiger partial charge in [0.05, 0.1) is 12.8 Å². The minimum atomic E-state index is -0.338. The van der Waals surface area contributed by atoms with Crippen LogP contribution in [-0.4, -0.2) is 28.0 Å². The quantitative estimate of drug-likeness (QED) is 0.443. The fourth-order valence-electron chi connectivity index (χ4n) is 1.76. The van der Waals surface area contributed by atoms with Gasteiger partial charge in [0.25, 0.3) is 5.56 Å². The first-order valence-corrected chi connectivity index (χ1v) is 7.22. The summed E-state index contributed by atoms with van der Waals surface area (Å²) >= 11 is 0. The maximum atomic E-state index is 11.0. The van der Waals surface area contributed by atoms with Gasteiger partial charge in [-0.1, -0.05) is 31.9 Å². The molecule has 0 amide bonds. The van der Waals surface area contributed by atoms with Crippen molar-refractivity contribution in [3.8, 4) is 5.75 Å². The van der Waals surface area contributed by atoms with E-state index in [1.165, 1.54) is 12.8 Å². The summed E-state index contributed by atoms with van der Waals surface area (Å²) in [6.07, 6.45) is 6.10. The van der Waals surface area contributed by atoms with Gasteiger partial charge in [0.1, 0.15) is 11.9 Å². The first-order chi connectivity index (χ1) is 10.8. The number of anilines is 1. The number of hydrogen-bond donors (Lipinski definition) is 2. The van der Waals surface area contributed by atoms with E-state index in [1.807, 2.05) is 24.3 Å². The summed E-state index contributed by atoms with van der Waals surface area (Å²) in [7, 11) is 0. The van der Waals surface area contributed by atoms with Gasteiger partial charge >= 0.3 is 0 Å². The van der Waals surface area contributed by atoms with E-state index in [0.717, 1.165) is 23.9 Å². The third kappa shape index (κ3) is 5.35. The summed E-state index contributed by atoms with van der Waals surface area (Å²) in [6.45, 7) is 2.88. The zero-order chi connectivity index (χ0) is 15.6. The van der Waals surface area contributed by atoms with Gasteiger partial charge in [-0.2, -0.15) is 5.10 Å². The first kappa shape index (κ1) is 15.7. The van der Waals surface area contributed by atoms with Crippen molar-refractivity contribution < 1.29 is 4.74 Å². The van der Waals surface area contributed by atoms with Crippen LogP contribution in [0.5, 0.6) is 5.75 Å². The van der Waals surface area contributed by atoms with Gasteiger partial charge in [0, 0.05) is 0 Å². The van der Waals surface area contributed by atoms with Crippen LogP contribution in [0.25, 0.3) is 0 Å². The number of ether oxygens (including phenoxy) is 1. The molecule has 2 aromatic rings. The average molecular weight is 301 g/mol. The molecule has 116 valence electrons. The zero-order valence-corrected chi connectivity index (χ0v) is 12.5. The van der Waals surface area contributed by atoms with Gasteiger partial charge in [0.15, 0.2) is 0 Å². The second kappa shape index (κ2) is 8.56. The van der Waals surface area contributed by atoms with Crippen LogP contribution in [0.15, 0.2) is 40.4 Å². The molecule has 0 bridgehead atoms. The predicted molar refractivity (Wildman–Crippen MR) is 85.3 cm³/mol. The molecule has 1 aromatic carbocycles. The van der Waals surface area contributed by atoms with Crippen molar-refractivity contribution in [3.63, 3.8) is 0 Å². The molecule has 0 fully saturated rings. The molecule has 7 nitrogen and oxygen atoms in total. The summed E-state index contributed by atoms with van der Waals surface area (Å²) in [4.78, 5) is 13.5. The van der Waals surface area contributed by atoms with Crippen molar-refractivity contribution in [1.82, 2.24) is 15.2 Å². The smallest absolute Gasteiger partial charge is 0.271 e. The molecule has 2 N–H and O–H groups in total. The van der Waals surface area contributed by atoms with Gasteiger partial charge in [-0.25, -0.2) is 5.43 Å². The van der Waals surface area contributed by atoms with Crippen molar-refractivity contribution in [2.24, 2.45) is 5.10 Å². The Morgan fingerprint density at radius 1 is 1.41 bits per heavy atom. The highest BCUT2D eigenvalue weighted by molar-refractivity contribution is 5.80. The summed E-state index contributed by atoms with van der Waals surface area (Å²) in [5, 5.41) is 11.2. The maximum Gasteiger partial charge on any atom is 0.271 e. The van der Waals surface area contributed by atoms with Crippen molar-refractivity contribution in [1.29, 1.82) is 0 Å². The van der Waals surface area contributed by atoms with E-state index in [4.69, 9.17) is 4.74 Å². The lowest BCUT2D eigenvalue weighted by atomic mass is 10.2. The number of hydrazone groups is 1. The van der Waals surface area contributed by atoms with Gasteiger partial charge in [-0.05, 0) is 24.1 Å². The van der Waals surface area contributed by atoms with E-state index in [0.29, 0.717) is 6.61 Å². The Labute approximate surface area is 128 Å². The van der Waals surface area contributed by atoms with Crippen molar-refractivity contribution >= 4 is 12.2 Å². The molecule has 0 spiro atoms. The molecule has 0 saturated heterocycles. The minimum absolute atomic E-state index is 0.190. The largest absolute Gasteiger partial charge is 0.494 e. The van der Waals surface area contributed by atoms with Crippen LogP contribution in [0.2, 0.25) is 0 Å². The van der Waals surface area contributed by atoms with Gasteiger partial charge in [-0.15, -0.1) is 10.2 Å². The number of aromatic amines is 1. The number of nitrogens with zero attached hydrogens (tertiary/aromatic N) is 3. The van der Waals surface area contributed by atoms with Crippen molar-refractivity contribution in [2.45, 2.75) is 26.2 Å². The monoisotopic (exact) mass is 301 g/mol. The zero-order valence-electron chi connectivity index (χ0n) is 12.5. The molecule has 22 heavy (non-hydrogen) atoms. The SMILES string of the molecule is CCCCCOc1cccc(/C=N/Nc2nncc(=O)[nH]2)c1.